The maximum atomic E-state index is 12.2. The van der Waals surface area contributed by atoms with Gasteiger partial charge >= 0.3 is 5.97 Å². The number of carbonyl (C=O) groups excluding carboxylic acids is 2. The van der Waals surface area contributed by atoms with Gasteiger partial charge < -0.3 is 14.8 Å². The molecule has 0 unspecified atom stereocenters. The monoisotopic (exact) mass is 384 g/mol. The van der Waals surface area contributed by atoms with Gasteiger partial charge in [-0.1, -0.05) is 29.3 Å². The Kier molecular flexibility index (Phi) is 5.57. The first-order valence-corrected chi connectivity index (χ1v) is 8.52. The van der Waals surface area contributed by atoms with Gasteiger partial charge in [0.05, 0.1) is 12.6 Å². The number of methoxy groups -OCH3 is 1. The van der Waals surface area contributed by atoms with E-state index in [2.05, 4.69) is 10.3 Å². The molecule has 0 aliphatic carbocycles. The van der Waals surface area contributed by atoms with Gasteiger partial charge in [-0.25, -0.2) is 9.78 Å². The second-order valence-corrected chi connectivity index (χ2v) is 6.30. The minimum Gasteiger partial charge on any atom is -0.483 e. The van der Waals surface area contributed by atoms with Gasteiger partial charge in [0.2, 0.25) is 0 Å². The summed E-state index contributed by atoms with van der Waals surface area (Å²) in [4.78, 5) is 28.3. The van der Waals surface area contributed by atoms with E-state index in [1.165, 1.54) is 13.2 Å². The molecule has 27 heavy (non-hydrogen) atoms. The molecule has 6 nitrogen and oxygen atoms in total. The zero-order chi connectivity index (χ0) is 19.4. The Balaban J connectivity index is 1.82. The second-order valence-electron chi connectivity index (χ2n) is 5.86. The summed E-state index contributed by atoms with van der Waals surface area (Å²) in [6, 6.07) is 13.8. The Labute approximate surface area is 161 Å². The minimum atomic E-state index is -0.596. The van der Waals surface area contributed by atoms with Crippen LogP contribution in [0.5, 0.6) is 5.75 Å². The van der Waals surface area contributed by atoms with Crippen molar-refractivity contribution in [3.63, 3.8) is 0 Å². The molecule has 0 aliphatic rings. The SMILES string of the molecule is COC(=O)c1cc(OCC(=O)Nc2ccc(C)cc2)c2cc(Cl)ccc2n1. The summed E-state index contributed by atoms with van der Waals surface area (Å²) < 4.78 is 10.4. The molecule has 0 saturated carbocycles. The smallest absolute Gasteiger partial charge is 0.356 e. The highest BCUT2D eigenvalue weighted by molar-refractivity contribution is 6.31. The molecule has 3 aromatic rings. The van der Waals surface area contributed by atoms with Crippen molar-refractivity contribution in [3.05, 3.63) is 64.8 Å². The van der Waals surface area contributed by atoms with Crippen LogP contribution in [0, 0.1) is 6.92 Å². The highest BCUT2D eigenvalue weighted by Gasteiger charge is 2.15. The molecule has 1 aromatic heterocycles. The average molecular weight is 385 g/mol. The van der Waals surface area contributed by atoms with Gasteiger partial charge in [0.15, 0.2) is 12.3 Å². The van der Waals surface area contributed by atoms with E-state index >= 15 is 0 Å². The number of fused-ring (bicyclic) bond motifs is 1. The fourth-order valence-corrected chi connectivity index (χ4v) is 2.65. The first-order chi connectivity index (χ1) is 13.0. The van der Waals surface area contributed by atoms with Crippen LogP contribution in [-0.4, -0.2) is 30.6 Å². The van der Waals surface area contributed by atoms with E-state index in [1.807, 2.05) is 31.2 Å². The van der Waals surface area contributed by atoms with Gasteiger partial charge in [-0.2, -0.15) is 0 Å². The molecule has 0 saturated heterocycles. The Bertz CT molecular complexity index is 1000. The predicted octanol–water partition coefficient (Wildman–Crippen LogP) is 4.00. The molecule has 0 aliphatic heterocycles. The highest BCUT2D eigenvalue weighted by Crippen LogP contribution is 2.28. The molecule has 1 N–H and O–H groups in total. The number of nitrogens with zero attached hydrogens (tertiary/aromatic N) is 1. The topological polar surface area (TPSA) is 77.5 Å². The number of aromatic nitrogens is 1. The maximum absolute atomic E-state index is 12.2. The van der Waals surface area contributed by atoms with Crippen molar-refractivity contribution in [2.45, 2.75) is 6.92 Å². The predicted molar refractivity (Wildman–Crippen MR) is 103 cm³/mol. The van der Waals surface area contributed by atoms with Crippen LogP contribution in [-0.2, 0) is 9.53 Å². The largest absolute Gasteiger partial charge is 0.483 e. The third-order valence-electron chi connectivity index (χ3n) is 3.82. The fourth-order valence-electron chi connectivity index (χ4n) is 2.47. The first-order valence-electron chi connectivity index (χ1n) is 8.14. The zero-order valence-corrected chi connectivity index (χ0v) is 15.5. The van der Waals surface area contributed by atoms with Crippen LogP contribution in [0.15, 0.2) is 48.5 Å². The van der Waals surface area contributed by atoms with Gasteiger partial charge in [0, 0.05) is 22.2 Å². The molecule has 0 fully saturated rings. The summed E-state index contributed by atoms with van der Waals surface area (Å²) in [7, 11) is 1.27. The van der Waals surface area contributed by atoms with Gasteiger partial charge in [-0.05, 0) is 37.3 Å². The third-order valence-corrected chi connectivity index (χ3v) is 4.06. The molecule has 1 heterocycles. The molecule has 0 bridgehead atoms. The number of esters is 1. The summed E-state index contributed by atoms with van der Waals surface area (Å²) in [5.74, 6) is -0.603. The molecule has 138 valence electrons. The van der Waals surface area contributed by atoms with Crippen LogP contribution in [0.4, 0.5) is 5.69 Å². The number of benzene rings is 2. The van der Waals surface area contributed by atoms with Crippen LogP contribution >= 0.6 is 11.6 Å². The fraction of sp³-hybridized carbons (Fsp3) is 0.150. The Morgan fingerprint density at radius 1 is 1.11 bits per heavy atom. The minimum absolute atomic E-state index is 0.0845. The summed E-state index contributed by atoms with van der Waals surface area (Å²) in [5.41, 5.74) is 2.37. The zero-order valence-electron chi connectivity index (χ0n) is 14.8. The molecular weight excluding hydrogens is 368 g/mol. The lowest BCUT2D eigenvalue weighted by atomic mass is 10.2. The van der Waals surface area contributed by atoms with E-state index in [1.54, 1.807) is 18.2 Å². The highest BCUT2D eigenvalue weighted by atomic mass is 35.5. The lowest BCUT2D eigenvalue weighted by molar-refractivity contribution is -0.118. The number of carbonyl (C=O) groups is 2. The van der Waals surface area contributed by atoms with Crippen molar-refractivity contribution in [2.24, 2.45) is 0 Å². The number of halogens is 1. The Morgan fingerprint density at radius 2 is 1.85 bits per heavy atom. The number of anilines is 1. The van der Waals surface area contributed by atoms with Gasteiger partial charge in [-0.3, -0.25) is 4.79 Å². The standard InChI is InChI=1S/C20H17ClN2O4/c1-12-3-6-14(7-4-12)22-19(24)11-27-18-10-17(20(25)26-2)23-16-8-5-13(21)9-15(16)18/h3-10H,11H2,1-2H3,(H,22,24). The van der Waals surface area contributed by atoms with Crippen molar-refractivity contribution in [1.82, 2.24) is 4.98 Å². The van der Waals surface area contributed by atoms with Gasteiger partial charge in [-0.15, -0.1) is 0 Å². The van der Waals surface area contributed by atoms with Crippen molar-refractivity contribution < 1.29 is 19.1 Å². The number of rotatable bonds is 5. The number of ether oxygens (including phenoxy) is 2. The number of amides is 1. The summed E-state index contributed by atoms with van der Waals surface area (Å²) in [6.07, 6.45) is 0. The lowest BCUT2D eigenvalue weighted by Gasteiger charge is -2.11. The van der Waals surface area contributed by atoms with E-state index in [4.69, 9.17) is 21.1 Å². The molecule has 1 amide bonds. The van der Waals surface area contributed by atoms with E-state index < -0.39 is 5.97 Å². The first kappa shape index (κ1) is 18.7. The summed E-state index contributed by atoms with van der Waals surface area (Å²) in [6.45, 7) is 1.73. The Morgan fingerprint density at radius 3 is 2.56 bits per heavy atom. The van der Waals surface area contributed by atoms with E-state index in [-0.39, 0.29) is 18.2 Å². The molecular formula is C20H17ClN2O4. The van der Waals surface area contributed by atoms with E-state index in [9.17, 15) is 9.59 Å². The lowest BCUT2D eigenvalue weighted by Crippen LogP contribution is -2.20. The second kappa shape index (κ2) is 8.05. The van der Waals surface area contributed by atoms with Crippen LogP contribution in [0.3, 0.4) is 0 Å². The van der Waals surface area contributed by atoms with Crippen LogP contribution < -0.4 is 10.1 Å². The molecule has 2 aromatic carbocycles. The molecule has 0 atom stereocenters. The van der Waals surface area contributed by atoms with Gasteiger partial charge in [0.25, 0.3) is 5.91 Å². The number of hydrogen-bond donors (Lipinski definition) is 1. The van der Waals surface area contributed by atoms with E-state index in [0.717, 1.165) is 5.56 Å². The van der Waals surface area contributed by atoms with Crippen molar-refractivity contribution in [1.29, 1.82) is 0 Å². The summed E-state index contributed by atoms with van der Waals surface area (Å²) >= 11 is 6.05. The average Bonchev–Trinajstić information content (AvgIpc) is 2.67. The normalized spacial score (nSPS) is 10.5. The third kappa shape index (κ3) is 4.54. The van der Waals surface area contributed by atoms with Crippen molar-refractivity contribution in [3.8, 4) is 5.75 Å². The molecule has 7 heteroatoms. The number of nitrogens with one attached hydrogen (secondary N) is 1. The Hall–Kier alpha value is -3.12. The molecule has 0 spiro atoms. The van der Waals surface area contributed by atoms with Crippen LogP contribution in [0.25, 0.3) is 10.9 Å². The number of pyridine rings is 1. The van der Waals surface area contributed by atoms with E-state index in [0.29, 0.717) is 27.4 Å². The van der Waals surface area contributed by atoms with Crippen molar-refractivity contribution in [2.75, 3.05) is 19.0 Å². The van der Waals surface area contributed by atoms with Crippen LogP contribution in [0.1, 0.15) is 16.1 Å². The van der Waals surface area contributed by atoms with Gasteiger partial charge in [0.1, 0.15) is 5.75 Å². The van der Waals surface area contributed by atoms with Crippen LogP contribution in [0.2, 0.25) is 5.02 Å². The molecule has 3 rings (SSSR count). The summed E-state index contributed by atoms with van der Waals surface area (Å²) in [5, 5.41) is 3.84. The quantitative estimate of drug-likeness (QED) is 0.673. The maximum Gasteiger partial charge on any atom is 0.356 e. The molecule has 0 radical (unpaired) electrons. The number of aryl methyl sites for hydroxylation is 1. The number of hydrogen-bond acceptors (Lipinski definition) is 5. The van der Waals surface area contributed by atoms with Crippen molar-refractivity contribution >= 4 is 40.1 Å².